The minimum absolute atomic E-state index is 0.429. The summed E-state index contributed by atoms with van der Waals surface area (Å²) >= 11 is 0. The molecule has 0 aliphatic heterocycles. The Hall–Kier alpha value is -0.770. The first kappa shape index (κ1) is 12.3. The SMILES string of the molecule is CCNC(N)=NCC1(O)CCC(C)CC1. The Morgan fingerprint density at radius 3 is 2.67 bits per heavy atom. The standard InChI is InChI=1S/C11H23N3O/c1-3-13-10(12)14-8-11(15)6-4-9(2)5-7-11/h9,15H,3-8H2,1-2H3,(H3,12,13,14). The van der Waals surface area contributed by atoms with E-state index >= 15 is 0 Å². The van der Waals surface area contributed by atoms with Crippen molar-refractivity contribution >= 4 is 5.96 Å². The van der Waals surface area contributed by atoms with Gasteiger partial charge in [-0.25, -0.2) is 0 Å². The Morgan fingerprint density at radius 1 is 1.53 bits per heavy atom. The number of guanidine groups is 1. The maximum absolute atomic E-state index is 10.2. The first-order valence-electron chi connectivity index (χ1n) is 5.82. The monoisotopic (exact) mass is 213 g/mol. The van der Waals surface area contributed by atoms with Crippen LogP contribution in [0.5, 0.6) is 0 Å². The Balaban J connectivity index is 2.39. The van der Waals surface area contributed by atoms with Crippen molar-refractivity contribution < 1.29 is 5.11 Å². The van der Waals surface area contributed by atoms with Crippen LogP contribution in [0.1, 0.15) is 39.5 Å². The Bertz CT molecular complexity index is 220. The number of nitrogens with one attached hydrogen (secondary N) is 1. The van der Waals surface area contributed by atoms with E-state index in [9.17, 15) is 5.11 Å². The number of hydrogen-bond donors (Lipinski definition) is 3. The van der Waals surface area contributed by atoms with Gasteiger partial charge in [-0.1, -0.05) is 6.92 Å². The highest BCUT2D eigenvalue weighted by atomic mass is 16.3. The van der Waals surface area contributed by atoms with Crippen LogP contribution in [0.15, 0.2) is 4.99 Å². The fourth-order valence-corrected chi connectivity index (χ4v) is 1.93. The van der Waals surface area contributed by atoms with Crippen molar-refractivity contribution in [3.63, 3.8) is 0 Å². The molecule has 1 fully saturated rings. The molecule has 4 N–H and O–H groups in total. The summed E-state index contributed by atoms with van der Waals surface area (Å²) in [5.74, 6) is 1.17. The van der Waals surface area contributed by atoms with Crippen molar-refractivity contribution in [2.24, 2.45) is 16.6 Å². The molecule has 0 aromatic heterocycles. The zero-order valence-electron chi connectivity index (χ0n) is 9.79. The zero-order valence-corrected chi connectivity index (χ0v) is 9.79. The average molecular weight is 213 g/mol. The van der Waals surface area contributed by atoms with E-state index in [2.05, 4.69) is 17.2 Å². The third-order valence-corrected chi connectivity index (χ3v) is 3.11. The number of nitrogens with zero attached hydrogens (tertiary/aromatic N) is 1. The third-order valence-electron chi connectivity index (χ3n) is 3.11. The van der Waals surface area contributed by atoms with Crippen LogP contribution in [0.2, 0.25) is 0 Å². The first-order valence-corrected chi connectivity index (χ1v) is 5.82. The maximum atomic E-state index is 10.2. The fraction of sp³-hybridized carbons (Fsp3) is 0.909. The molecule has 15 heavy (non-hydrogen) atoms. The van der Waals surface area contributed by atoms with Gasteiger partial charge in [0.1, 0.15) is 0 Å². The lowest BCUT2D eigenvalue weighted by molar-refractivity contribution is 0.00168. The van der Waals surface area contributed by atoms with Crippen LogP contribution >= 0.6 is 0 Å². The molecule has 0 spiro atoms. The number of aliphatic hydroxyl groups is 1. The second-order valence-electron chi connectivity index (χ2n) is 4.64. The Kier molecular flexibility index (Phi) is 4.39. The molecule has 0 heterocycles. The van der Waals surface area contributed by atoms with Crippen molar-refractivity contribution in [2.45, 2.75) is 45.1 Å². The summed E-state index contributed by atoms with van der Waals surface area (Å²) in [4.78, 5) is 4.17. The number of hydrogen-bond acceptors (Lipinski definition) is 2. The zero-order chi connectivity index (χ0) is 11.3. The number of nitrogens with two attached hydrogens (primary N) is 1. The number of rotatable bonds is 3. The van der Waals surface area contributed by atoms with Gasteiger partial charge in [-0.05, 0) is 38.5 Å². The Morgan fingerprint density at radius 2 is 2.13 bits per heavy atom. The molecular formula is C11H23N3O. The number of aliphatic imine (C=N–C) groups is 1. The third kappa shape index (κ3) is 4.08. The average Bonchev–Trinajstić information content (AvgIpc) is 2.21. The van der Waals surface area contributed by atoms with Crippen LogP contribution in [0.4, 0.5) is 0 Å². The van der Waals surface area contributed by atoms with E-state index in [4.69, 9.17) is 5.73 Å². The van der Waals surface area contributed by atoms with Gasteiger partial charge < -0.3 is 16.2 Å². The van der Waals surface area contributed by atoms with E-state index in [1.807, 2.05) is 6.92 Å². The molecule has 0 amide bonds. The molecule has 0 aromatic carbocycles. The molecule has 0 aromatic rings. The predicted molar refractivity (Wildman–Crippen MR) is 62.7 cm³/mol. The van der Waals surface area contributed by atoms with Crippen LogP contribution in [-0.2, 0) is 0 Å². The predicted octanol–water partition coefficient (Wildman–Crippen LogP) is 0.852. The van der Waals surface area contributed by atoms with E-state index in [0.29, 0.717) is 12.5 Å². The van der Waals surface area contributed by atoms with E-state index in [0.717, 1.165) is 38.1 Å². The molecule has 0 saturated heterocycles. The van der Waals surface area contributed by atoms with Gasteiger partial charge in [0.05, 0.1) is 12.1 Å². The minimum Gasteiger partial charge on any atom is -0.388 e. The molecule has 1 aliphatic rings. The van der Waals surface area contributed by atoms with Gasteiger partial charge in [0.2, 0.25) is 0 Å². The van der Waals surface area contributed by atoms with Crippen molar-refractivity contribution in [3.05, 3.63) is 0 Å². The van der Waals surface area contributed by atoms with Crippen LogP contribution in [-0.4, -0.2) is 29.8 Å². The molecular weight excluding hydrogens is 190 g/mol. The van der Waals surface area contributed by atoms with E-state index < -0.39 is 5.60 Å². The molecule has 0 atom stereocenters. The highest BCUT2D eigenvalue weighted by molar-refractivity contribution is 5.77. The second-order valence-corrected chi connectivity index (χ2v) is 4.64. The van der Waals surface area contributed by atoms with E-state index in [1.54, 1.807) is 0 Å². The lowest BCUT2D eigenvalue weighted by Crippen LogP contribution is -2.39. The smallest absolute Gasteiger partial charge is 0.188 e. The summed E-state index contributed by atoms with van der Waals surface area (Å²) in [6, 6.07) is 0. The summed E-state index contributed by atoms with van der Waals surface area (Å²) in [5, 5.41) is 13.1. The largest absolute Gasteiger partial charge is 0.388 e. The van der Waals surface area contributed by atoms with Crippen molar-refractivity contribution in [3.8, 4) is 0 Å². The maximum Gasteiger partial charge on any atom is 0.188 e. The highest BCUT2D eigenvalue weighted by Gasteiger charge is 2.31. The minimum atomic E-state index is -0.619. The molecule has 1 aliphatic carbocycles. The van der Waals surface area contributed by atoms with Crippen molar-refractivity contribution in [1.82, 2.24) is 5.32 Å². The van der Waals surface area contributed by atoms with Gasteiger partial charge in [0.25, 0.3) is 0 Å². The fourth-order valence-electron chi connectivity index (χ4n) is 1.93. The summed E-state index contributed by atoms with van der Waals surface area (Å²) in [5.41, 5.74) is 5.00. The lowest BCUT2D eigenvalue weighted by Gasteiger charge is -2.33. The van der Waals surface area contributed by atoms with Crippen LogP contribution < -0.4 is 11.1 Å². The van der Waals surface area contributed by atoms with Crippen LogP contribution in [0.25, 0.3) is 0 Å². The van der Waals surface area contributed by atoms with Gasteiger partial charge in [-0.2, -0.15) is 0 Å². The van der Waals surface area contributed by atoms with Gasteiger partial charge in [0, 0.05) is 6.54 Å². The molecule has 0 unspecified atom stereocenters. The molecule has 88 valence electrons. The van der Waals surface area contributed by atoms with Gasteiger partial charge in [-0.3, -0.25) is 4.99 Å². The summed E-state index contributed by atoms with van der Waals surface area (Å²) in [7, 11) is 0. The van der Waals surface area contributed by atoms with Crippen molar-refractivity contribution in [2.75, 3.05) is 13.1 Å². The van der Waals surface area contributed by atoms with Gasteiger partial charge in [0.15, 0.2) is 5.96 Å². The normalized spacial score (nSPS) is 32.7. The van der Waals surface area contributed by atoms with Gasteiger partial charge in [-0.15, -0.1) is 0 Å². The molecule has 0 radical (unpaired) electrons. The first-order chi connectivity index (χ1) is 7.06. The van der Waals surface area contributed by atoms with Crippen molar-refractivity contribution in [1.29, 1.82) is 0 Å². The molecule has 0 bridgehead atoms. The van der Waals surface area contributed by atoms with E-state index in [1.165, 1.54) is 0 Å². The molecule has 1 rings (SSSR count). The highest BCUT2D eigenvalue weighted by Crippen LogP contribution is 2.31. The Labute approximate surface area is 92.0 Å². The van der Waals surface area contributed by atoms with Crippen LogP contribution in [0.3, 0.4) is 0 Å². The molecule has 4 nitrogen and oxygen atoms in total. The van der Waals surface area contributed by atoms with Gasteiger partial charge >= 0.3 is 0 Å². The quantitative estimate of drug-likeness (QED) is 0.481. The summed E-state index contributed by atoms with van der Waals surface area (Å²) < 4.78 is 0. The second kappa shape index (κ2) is 5.35. The molecule has 4 heteroatoms. The summed E-state index contributed by atoms with van der Waals surface area (Å²) in [6.45, 7) is 5.40. The molecule has 1 saturated carbocycles. The topological polar surface area (TPSA) is 70.6 Å². The lowest BCUT2D eigenvalue weighted by atomic mass is 9.80. The summed E-state index contributed by atoms with van der Waals surface area (Å²) in [6.07, 6.45) is 3.87. The van der Waals surface area contributed by atoms with E-state index in [-0.39, 0.29) is 0 Å². The van der Waals surface area contributed by atoms with Crippen LogP contribution in [0, 0.1) is 5.92 Å².